The van der Waals surface area contributed by atoms with Crippen LogP contribution in [0.15, 0.2) is 40.1 Å². The van der Waals surface area contributed by atoms with Crippen LogP contribution in [0.25, 0.3) is 10.8 Å². The third kappa shape index (κ3) is 3.93. The van der Waals surface area contributed by atoms with E-state index in [-0.39, 0.29) is 12.3 Å². The number of rotatable bonds is 6. The lowest BCUT2D eigenvalue weighted by Gasteiger charge is -2.10. The Kier molecular flexibility index (Phi) is 5.12. The quantitative estimate of drug-likeness (QED) is 0.715. The number of thiophene rings is 1. The monoisotopic (exact) mass is 363 g/mol. The topological polar surface area (TPSA) is 77.2 Å². The lowest BCUT2D eigenvalue weighted by Crippen LogP contribution is -2.13. The molecule has 0 saturated heterocycles. The first-order valence-corrected chi connectivity index (χ1v) is 8.41. The number of carbonyl (C=O) groups excluding carboxylic acids is 1. The van der Waals surface area contributed by atoms with Gasteiger partial charge in [-0.15, -0.1) is 21.5 Å². The van der Waals surface area contributed by atoms with E-state index in [2.05, 4.69) is 15.5 Å². The van der Waals surface area contributed by atoms with Crippen molar-refractivity contribution in [3.05, 3.63) is 46.6 Å². The number of halogens is 1. The summed E-state index contributed by atoms with van der Waals surface area (Å²) in [5.41, 5.74) is 0.528. The van der Waals surface area contributed by atoms with Crippen molar-refractivity contribution in [2.24, 2.45) is 0 Å². The lowest BCUT2D eigenvalue weighted by molar-refractivity contribution is -0.116. The van der Waals surface area contributed by atoms with Gasteiger partial charge < -0.3 is 14.5 Å². The molecule has 3 rings (SSSR count). The molecule has 1 aromatic carbocycles. The number of nitrogens with zero attached hydrogens (tertiary/aromatic N) is 2. The van der Waals surface area contributed by atoms with Gasteiger partial charge in [0.25, 0.3) is 5.89 Å². The zero-order chi connectivity index (χ0) is 16.9. The van der Waals surface area contributed by atoms with Crippen molar-refractivity contribution in [1.29, 1.82) is 0 Å². The van der Waals surface area contributed by atoms with E-state index in [0.29, 0.717) is 34.7 Å². The summed E-state index contributed by atoms with van der Waals surface area (Å²) >= 11 is 7.46. The number of nitrogens with one attached hydrogen (secondary N) is 1. The molecule has 0 radical (unpaired) electrons. The maximum absolute atomic E-state index is 12.1. The molecule has 0 spiro atoms. The molecule has 0 aliphatic carbocycles. The van der Waals surface area contributed by atoms with E-state index in [9.17, 15) is 4.79 Å². The van der Waals surface area contributed by atoms with Gasteiger partial charge in [0.2, 0.25) is 11.8 Å². The summed E-state index contributed by atoms with van der Waals surface area (Å²) in [7, 11) is 1.53. The summed E-state index contributed by atoms with van der Waals surface area (Å²) in [6.45, 7) is 0. The number of hydrogen-bond donors (Lipinski definition) is 1. The average Bonchev–Trinajstić information content (AvgIpc) is 3.24. The van der Waals surface area contributed by atoms with Gasteiger partial charge in [0.15, 0.2) is 0 Å². The fraction of sp³-hybridized carbons (Fsp3) is 0.188. The molecule has 0 fully saturated rings. The average molecular weight is 364 g/mol. The molecule has 0 atom stereocenters. The Morgan fingerprint density at radius 2 is 2.25 bits per heavy atom. The second-order valence-corrected chi connectivity index (χ2v) is 6.26. The van der Waals surface area contributed by atoms with Crippen LogP contribution in [0.1, 0.15) is 12.3 Å². The van der Waals surface area contributed by atoms with Crippen molar-refractivity contribution in [3.63, 3.8) is 0 Å². The highest BCUT2D eigenvalue weighted by molar-refractivity contribution is 7.13. The van der Waals surface area contributed by atoms with E-state index in [0.717, 1.165) is 4.88 Å². The van der Waals surface area contributed by atoms with Crippen LogP contribution in [0.4, 0.5) is 5.69 Å². The van der Waals surface area contributed by atoms with E-state index in [1.54, 1.807) is 18.2 Å². The number of methoxy groups -OCH3 is 1. The molecule has 24 heavy (non-hydrogen) atoms. The summed E-state index contributed by atoms with van der Waals surface area (Å²) in [6, 6.07) is 8.85. The Labute approximate surface area is 147 Å². The van der Waals surface area contributed by atoms with Crippen molar-refractivity contribution >= 4 is 34.5 Å². The number of ether oxygens (including phenoxy) is 1. The minimum atomic E-state index is -0.188. The number of aromatic nitrogens is 2. The molecule has 8 heteroatoms. The molecule has 0 saturated carbocycles. The van der Waals surface area contributed by atoms with Crippen LogP contribution in [0.3, 0.4) is 0 Å². The van der Waals surface area contributed by atoms with Crippen LogP contribution in [0, 0.1) is 0 Å². The highest BCUT2D eigenvalue weighted by Gasteiger charge is 2.13. The number of aryl methyl sites for hydroxylation is 1. The Balaban J connectivity index is 1.59. The fourth-order valence-electron chi connectivity index (χ4n) is 2.07. The van der Waals surface area contributed by atoms with Gasteiger partial charge in [-0.25, -0.2) is 0 Å². The van der Waals surface area contributed by atoms with Crippen LogP contribution in [0.2, 0.25) is 5.02 Å². The molecule has 2 heterocycles. The molecule has 0 unspecified atom stereocenters. The number of anilines is 1. The van der Waals surface area contributed by atoms with Crippen molar-refractivity contribution in [2.75, 3.05) is 12.4 Å². The molecule has 0 bridgehead atoms. The summed E-state index contributed by atoms with van der Waals surface area (Å²) in [5.74, 6) is 1.25. The van der Waals surface area contributed by atoms with Gasteiger partial charge in [-0.05, 0) is 29.6 Å². The third-order valence-electron chi connectivity index (χ3n) is 3.20. The van der Waals surface area contributed by atoms with Crippen LogP contribution < -0.4 is 10.1 Å². The van der Waals surface area contributed by atoms with Crippen LogP contribution >= 0.6 is 22.9 Å². The van der Waals surface area contributed by atoms with E-state index < -0.39 is 0 Å². The number of amides is 1. The number of benzene rings is 1. The van der Waals surface area contributed by atoms with Gasteiger partial charge in [0.1, 0.15) is 5.75 Å². The maximum Gasteiger partial charge on any atom is 0.257 e. The second kappa shape index (κ2) is 7.46. The predicted octanol–water partition coefficient (Wildman–Crippen LogP) is 4.03. The molecule has 2 aromatic heterocycles. The zero-order valence-electron chi connectivity index (χ0n) is 12.8. The molecule has 6 nitrogen and oxygen atoms in total. The van der Waals surface area contributed by atoms with Gasteiger partial charge >= 0.3 is 0 Å². The zero-order valence-corrected chi connectivity index (χ0v) is 14.4. The Morgan fingerprint density at radius 1 is 1.38 bits per heavy atom. The second-order valence-electron chi connectivity index (χ2n) is 4.87. The van der Waals surface area contributed by atoms with Gasteiger partial charge in [0.05, 0.1) is 17.7 Å². The van der Waals surface area contributed by atoms with Crippen LogP contribution in [-0.2, 0) is 11.2 Å². The largest absolute Gasteiger partial charge is 0.495 e. The molecular formula is C16H14ClN3O3S. The van der Waals surface area contributed by atoms with Crippen LogP contribution in [-0.4, -0.2) is 23.2 Å². The normalized spacial score (nSPS) is 10.6. The lowest BCUT2D eigenvalue weighted by atomic mass is 10.2. The highest BCUT2D eigenvalue weighted by atomic mass is 35.5. The van der Waals surface area contributed by atoms with Gasteiger partial charge in [0, 0.05) is 17.9 Å². The van der Waals surface area contributed by atoms with E-state index in [1.165, 1.54) is 18.4 Å². The first kappa shape index (κ1) is 16.5. The fourth-order valence-corrected chi connectivity index (χ4v) is 2.88. The van der Waals surface area contributed by atoms with Crippen molar-refractivity contribution in [1.82, 2.24) is 10.2 Å². The molecule has 1 N–H and O–H groups in total. The highest BCUT2D eigenvalue weighted by Crippen LogP contribution is 2.28. The molecule has 0 aliphatic heterocycles. The number of carbonyl (C=O) groups is 1. The Bertz CT molecular complexity index is 833. The summed E-state index contributed by atoms with van der Waals surface area (Å²) in [5, 5.41) is 13.2. The van der Waals surface area contributed by atoms with Crippen molar-refractivity contribution in [3.8, 4) is 16.5 Å². The smallest absolute Gasteiger partial charge is 0.257 e. The summed E-state index contributed by atoms with van der Waals surface area (Å²) < 4.78 is 10.8. The summed E-state index contributed by atoms with van der Waals surface area (Å²) in [4.78, 5) is 13.0. The number of hydrogen-bond acceptors (Lipinski definition) is 6. The van der Waals surface area contributed by atoms with Crippen molar-refractivity contribution in [2.45, 2.75) is 12.8 Å². The molecule has 1 amide bonds. The first-order valence-electron chi connectivity index (χ1n) is 7.15. The van der Waals surface area contributed by atoms with Gasteiger partial charge in [-0.1, -0.05) is 17.7 Å². The maximum atomic E-state index is 12.1. The third-order valence-corrected chi connectivity index (χ3v) is 4.29. The first-order chi connectivity index (χ1) is 11.7. The summed E-state index contributed by atoms with van der Waals surface area (Å²) in [6.07, 6.45) is 0.564. The van der Waals surface area contributed by atoms with Gasteiger partial charge in [-0.2, -0.15) is 0 Å². The van der Waals surface area contributed by atoms with Crippen molar-refractivity contribution < 1.29 is 13.9 Å². The minimum absolute atomic E-state index is 0.188. The van der Waals surface area contributed by atoms with Gasteiger partial charge in [-0.3, -0.25) is 4.79 Å². The Morgan fingerprint density at radius 3 is 3.00 bits per heavy atom. The van der Waals surface area contributed by atoms with E-state index in [4.69, 9.17) is 20.8 Å². The SMILES string of the molecule is COc1ccc(Cl)cc1NC(=O)CCc1nnc(-c2cccs2)o1. The predicted molar refractivity (Wildman–Crippen MR) is 92.6 cm³/mol. The molecule has 124 valence electrons. The standard InChI is InChI=1S/C16H14ClN3O3S/c1-22-12-5-4-10(17)9-11(12)18-14(21)6-7-15-19-20-16(23-15)13-3-2-8-24-13/h2-5,8-9H,6-7H2,1H3,(H,18,21). The van der Waals surface area contributed by atoms with E-state index >= 15 is 0 Å². The van der Waals surface area contributed by atoms with Crippen LogP contribution in [0.5, 0.6) is 5.75 Å². The minimum Gasteiger partial charge on any atom is -0.495 e. The molecular weight excluding hydrogens is 350 g/mol. The van der Waals surface area contributed by atoms with E-state index in [1.807, 2.05) is 17.5 Å². The molecule has 0 aliphatic rings. The Hall–Kier alpha value is -2.38. The molecule has 3 aromatic rings.